The fourth-order valence-electron chi connectivity index (χ4n) is 4.24. The molecule has 0 aliphatic carbocycles. The highest BCUT2D eigenvalue weighted by Crippen LogP contribution is 2.34. The number of hydrogen-bond acceptors (Lipinski definition) is 7. The van der Waals surface area contributed by atoms with E-state index in [4.69, 9.17) is 14.2 Å². The summed E-state index contributed by atoms with van der Waals surface area (Å²) in [6.07, 6.45) is -3.01. The summed E-state index contributed by atoms with van der Waals surface area (Å²) < 4.78 is 61.2. The second-order valence-electron chi connectivity index (χ2n) is 9.27. The van der Waals surface area contributed by atoms with Gasteiger partial charge in [-0.3, -0.25) is 9.51 Å². The summed E-state index contributed by atoms with van der Waals surface area (Å²) in [5.41, 5.74) is 2.49. The summed E-state index contributed by atoms with van der Waals surface area (Å²) in [5, 5.41) is 4.43. The summed E-state index contributed by atoms with van der Waals surface area (Å²) in [7, 11) is 1.49. The maximum Gasteiger partial charge on any atom is 0.439 e. The molecule has 0 atom stereocenters. The number of nitrogens with one attached hydrogen (secondary N) is 2. The third-order valence-corrected chi connectivity index (χ3v) is 7.52. The van der Waals surface area contributed by atoms with Crippen molar-refractivity contribution in [3.05, 3.63) is 105 Å². The highest BCUT2D eigenvalue weighted by molar-refractivity contribution is 7.14. The zero-order chi connectivity index (χ0) is 29.5. The van der Waals surface area contributed by atoms with Crippen molar-refractivity contribution in [3.8, 4) is 33.5 Å². The van der Waals surface area contributed by atoms with Crippen LogP contribution in [0.4, 0.5) is 13.2 Å². The van der Waals surface area contributed by atoms with Crippen molar-refractivity contribution >= 4 is 11.3 Å². The van der Waals surface area contributed by atoms with E-state index < -0.39 is 17.5 Å². The van der Waals surface area contributed by atoms with E-state index in [2.05, 4.69) is 19.6 Å². The van der Waals surface area contributed by atoms with E-state index in [-0.39, 0.29) is 12.4 Å². The number of aromatic amines is 2. The molecule has 12 heteroatoms. The van der Waals surface area contributed by atoms with Crippen molar-refractivity contribution in [3.63, 3.8) is 0 Å². The van der Waals surface area contributed by atoms with Gasteiger partial charge >= 0.3 is 11.9 Å². The number of thiazole rings is 1. The van der Waals surface area contributed by atoms with Crippen LogP contribution in [-0.4, -0.2) is 23.9 Å². The molecule has 8 nitrogen and oxygen atoms in total. The molecule has 5 rings (SSSR count). The highest BCUT2D eigenvalue weighted by atomic mass is 32.1. The van der Waals surface area contributed by atoms with Crippen LogP contribution in [0.25, 0.3) is 22.0 Å². The lowest BCUT2D eigenvalue weighted by molar-refractivity contribution is -0.371. The molecular formula is C30H27F3N3O5S+. The zero-order valence-electron chi connectivity index (χ0n) is 22.5. The first-order chi connectivity index (χ1) is 20.3. The second kappa shape index (κ2) is 13.0. The molecule has 0 fully saturated rings. The molecule has 0 saturated carbocycles. The highest BCUT2D eigenvalue weighted by Gasteiger charge is 2.30. The van der Waals surface area contributed by atoms with Gasteiger partial charge in [0.15, 0.2) is 11.5 Å². The Morgan fingerprint density at radius 1 is 1.02 bits per heavy atom. The molecule has 0 spiro atoms. The number of rotatable bonds is 12. The maximum absolute atomic E-state index is 13.1. The largest absolute Gasteiger partial charge is 0.496 e. The molecule has 5 aromatic rings. The summed E-state index contributed by atoms with van der Waals surface area (Å²) in [5.74, 6) is 0.497. The van der Waals surface area contributed by atoms with Crippen LogP contribution in [0.5, 0.6) is 11.5 Å². The van der Waals surface area contributed by atoms with E-state index in [9.17, 15) is 18.0 Å². The zero-order valence-corrected chi connectivity index (χ0v) is 23.3. The molecular weight excluding hydrogens is 571 g/mol. The lowest BCUT2D eigenvalue weighted by atomic mass is 10.1. The predicted octanol–water partition coefficient (Wildman–Crippen LogP) is 6.33. The lowest BCUT2D eigenvalue weighted by Gasteiger charge is -2.09. The number of nitrogens with zero attached hydrogens (tertiary/aromatic N) is 1. The van der Waals surface area contributed by atoms with Gasteiger partial charge in [0.05, 0.1) is 30.4 Å². The third kappa shape index (κ3) is 7.25. The molecule has 2 aromatic heterocycles. The number of aryl methyl sites for hydroxylation is 1. The van der Waals surface area contributed by atoms with Gasteiger partial charge in [0.25, 0.3) is 5.01 Å². The Bertz CT molecular complexity index is 1660. The Hall–Kier alpha value is -4.42. The first kappa shape index (κ1) is 29.1. The summed E-state index contributed by atoms with van der Waals surface area (Å²) in [4.78, 5) is 18.1. The van der Waals surface area contributed by atoms with Crippen LogP contribution in [0.15, 0.2) is 82.1 Å². The summed E-state index contributed by atoms with van der Waals surface area (Å²) in [6.45, 7) is 1.27. The first-order valence-electron chi connectivity index (χ1n) is 13.0. The van der Waals surface area contributed by atoms with Gasteiger partial charge in [-0.05, 0) is 48.4 Å². The summed E-state index contributed by atoms with van der Waals surface area (Å²) in [6, 6.07) is 20.1. The van der Waals surface area contributed by atoms with Crippen LogP contribution >= 0.6 is 11.3 Å². The maximum atomic E-state index is 13.1. The van der Waals surface area contributed by atoms with Crippen molar-refractivity contribution in [2.45, 2.75) is 32.2 Å². The van der Waals surface area contributed by atoms with Crippen LogP contribution in [0.2, 0.25) is 0 Å². The van der Waals surface area contributed by atoms with Crippen LogP contribution in [0, 0.1) is 0 Å². The van der Waals surface area contributed by atoms with Gasteiger partial charge in [0, 0.05) is 19.1 Å². The molecule has 3 aromatic carbocycles. The van der Waals surface area contributed by atoms with Gasteiger partial charge in [0.1, 0.15) is 23.0 Å². The minimum atomic E-state index is -4.40. The van der Waals surface area contributed by atoms with E-state index in [0.717, 1.165) is 39.7 Å². The Labute approximate surface area is 242 Å². The monoisotopic (exact) mass is 598 g/mol. The Balaban J connectivity index is 1.31. The van der Waals surface area contributed by atoms with Gasteiger partial charge in [-0.1, -0.05) is 46.8 Å². The predicted molar refractivity (Wildman–Crippen MR) is 149 cm³/mol. The van der Waals surface area contributed by atoms with Crippen LogP contribution in [-0.2, 0) is 30.5 Å². The average Bonchev–Trinajstić information content (AvgIpc) is 3.62. The lowest BCUT2D eigenvalue weighted by Crippen LogP contribution is -2.12. The molecule has 0 unspecified atom stereocenters. The number of methoxy groups -OCH3 is 1. The number of benzene rings is 3. The third-order valence-electron chi connectivity index (χ3n) is 6.37. The molecule has 2 N–H and O–H groups in total. The molecule has 0 radical (unpaired) electrons. The standard InChI is InChI=1S/C30H26F3N3O5S/c1-38-25-16-22(13-14-23(25)27-35-29(37)41-36-27)40-18-26-24(8-5-15-39-17-19-6-3-2-4-7-19)34-28(42-26)20-9-11-21(12-10-20)30(31,32)33/h2-4,6-7,9-14,16H,5,8,15,17-18H2,1H3,(H,35,36,37)/p+1. The fraction of sp³-hybridized carbons (Fsp3) is 0.233. The van der Waals surface area contributed by atoms with Crippen LogP contribution < -0.4 is 20.2 Å². The summed E-state index contributed by atoms with van der Waals surface area (Å²) >= 11 is 1.42. The SMILES string of the molecule is COc1cc(OCc2sc(-c3ccc(C(F)(F)F)cc3)[nH+]c2CCCOCc2ccccc2)ccc1-c1noc(=O)[nH]1. The smallest absolute Gasteiger partial charge is 0.439 e. The molecule has 0 saturated heterocycles. The average molecular weight is 599 g/mol. The quantitative estimate of drug-likeness (QED) is 0.169. The minimum absolute atomic E-state index is 0.214. The van der Waals surface area contributed by atoms with Crippen molar-refractivity contribution in [1.29, 1.82) is 0 Å². The number of ether oxygens (including phenoxy) is 3. The molecule has 0 aliphatic rings. The van der Waals surface area contributed by atoms with Gasteiger partial charge in [-0.25, -0.2) is 4.79 Å². The second-order valence-corrected chi connectivity index (χ2v) is 10.4. The van der Waals surface area contributed by atoms with Gasteiger partial charge in [0.2, 0.25) is 0 Å². The van der Waals surface area contributed by atoms with E-state index in [1.54, 1.807) is 18.2 Å². The van der Waals surface area contributed by atoms with Crippen molar-refractivity contribution in [2.75, 3.05) is 13.7 Å². The van der Waals surface area contributed by atoms with Crippen molar-refractivity contribution < 1.29 is 36.9 Å². The van der Waals surface area contributed by atoms with Gasteiger partial charge in [-0.2, -0.15) is 18.2 Å². The molecule has 218 valence electrons. The molecule has 0 bridgehead atoms. The number of halogens is 3. The Kier molecular flexibility index (Phi) is 9.03. The number of H-pyrrole nitrogens is 2. The topological polar surface area (TPSA) is 101 Å². The van der Waals surface area contributed by atoms with Crippen LogP contribution in [0.1, 0.15) is 28.1 Å². The number of hydrogen-bond donors (Lipinski definition) is 1. The number of alkyl halides is 3. The first-order valence-corrected chi connectivity index (χ1v) is 13.8. The normalized spacial score (nSPS) is 11.5. The molecule has 0 aliphatic heterocycles. The fourth-order valence-corrected chi connectivity index (χ4v) is 5.31. The van der Waals surface area contributed by atoms with Crippen molar-refractivity contribution in [2.24, 2.45) is 0 Å². The van der Waals surface area contributed by atoms with E-state index in [1.807, 2.05) is 30.3 Å². The minimum Gasteiger partial charge on any atom is -0.496 e. The van der Waals surface area contributed by atoms with Gasteiger partial charge in [-0.15, -0.1) is 0 Å². The molecule has 2 heterocycles. The number of aromatic nitrogens is 3. The molecule has 42 heavy (non-hydrogen) atoms. The Morgan fingerprint density at radius 2 is 1.81 bits per heavy atom. The van der Waals surface area contributed by atoms with Gasteiger partial charge < -0.3 is 14.2 Å². The van der Waals surface area contributed by atoms with Crippen molar-refractivity contribution in [1.82, 2.24) is 10.1 Å². The molecule has 0 amide bonds. The van der Waals surface area contributed by atoms with E-state index in [0.29, 0.717) is 42.3 Å². The Morgan fingerprint density at radius 3 is 2.50 bits per heavy atom. The van der Waals surface area contributed by atoms with E-state index in [1.165, 1.54) is 30.6 Å². The van der Waals surface area contributed by atoms with E-state index >= 15 is 0 Å². The van der Waals surface area contributed by atoms with Crippen LogP contribution in [0.3, 0.4) is 0 Å².